The molecule has 1 aliphatic heterocycles. The van der Waals surface area contributed by atoms with Gasteiger partial charge in [0, 0.05) is 32.4 Å². The average Bonchev–Trinajstić information content (AvgIpc) is 3.11. The lowest BCUT2D eigenvalue weighted by atomic mass is 9.84. The minimum atomic E-state index is -0.702. The zero-order valence-corrected chi connectivity index (χ0v) is 15.9. The summed E-state index contributed by atoms with van der Waals surface area (Å²) in [5.41, 5.74) is 4.06. The molecule has 4 nitrogen and oxygen atoms in total. The number of benzene rings is 2. The molecule has 1 N–H and O–H groups in total. The Balaban J connectivity index is 1.39. The molecule has 0 amide bonds. The predicted octanol–water partition coefficient (Wildman–Crippen LogP) is 3.72. The molecular formula is C23H27N3O. The zero-order valence-electron chi connectivity index (χ0n) is 15.9. The number of likely N-dealkylation sites (tertiary alicyclic amines) is 1. The Kier molecular flexibility index (Phi) is 5.10. The van der Waals surface area contributed by atoms with Crippen molar-refractivity contribution in [3.05, 3.63) is 89.5 Å². The molecule has 0 aliphatic carbocycles. The van der Waals surface area contributed by atoms with Gasteiger partial charge in [0.1, 0.15) is 0 Å². The molecule has 2 aromatic carbocycles. The molecule has 1 saturated heterocycles. The molecule has 1 aliphatic rings. The first-order chi connectivity index (χ1) is 13.1. The van der Waals surface area contributed by atoms with Crippen LogP contribution in [0.15, 0.2) is 67.1 Å². The van der Waals surface area contributed by atoms with E-state index in [0.29, 0.717) is 0 Å². The van der Waals surface area contributed by atoms with E-state index in [9.17, 15) is 5.11 Å². The monoisotopic (exact) mass is 361 g/mol. The zero-order chi connectivity index (χ0) is 18.7. The van der Waals surface area contributed by atoms with Gasteiger partial charge < -0.3 is 9.67 Å². The molecule has 0 saturated carbocycles. The van der Waals surface area contributed by atoms with Crippen molar-refractivity contribution in [3.63, 3.8) is 0 Å². The molecule has 4 heteroatoms. The molecular weight excluding hydrogens is 334 g/mol. The maximum Gasteiger partial charge on any atom is 0.0951 e. The third kappa shape index (κ3) is 4.12. The first-order valence-corrected chi connectivity index (χ1v) is 9.67. The van der Waals surface area contributed by atoms with E-state index < -0.39 is 5.60 Å². The quantitative estimate of drug-likeness (QED) is 0.753. The van der Waals surface area contributed by atoms with E-state index >= 15 is 0 Å². The Morgan fingerprint density at radius 2 is 1.78 bits per heavy atom. The fourth-order valence-corrected chi connectivity index (χ4v) is 3.94. The second kappa shape index (κ2) is 7.67. The van der Waals surface area contributed by atoms with Crippen LogP contribution in [0.4, 0.5) is 0 Å². The molecule has 2 heterocycles. The number of aromatic nitrogens is 2. The van der Waals surface area contributed by atoms with Crippen LogP contribution in [0.2, 0.25) is 0 Å². The number of imidazole rings is 1. The van der Waals surface area contributed by atoms with Gasteiger partial charge in [-0.2, -0.15) is 0 Å². The summed E-state index contributed by atoms with van der Waals surface area (Å²) >= 11 is 0. The highest BCUT2D eigenvalue weighted by atomic mass is 16.3. The summed E-state index contributed by atoms with van der Waals surface area (Å²) in [5.74, 6) is 0. The molecule has 0 atom stereocenters. The average molecular weight is 361 g/mol. The summed E-state index contributed by atoms with van der Waals surface area (Å²) in [6, 6.07) is 18.8. The Bertz CT molecular complexity index is 879. The summed E-state index contributed by atoms with van der Waals surface area (Å²) in [7, 11) is 0. The fourth-order valence-electron chi connectivity index (χ4n) is 3.94. The molecule has 0 spiro atoms. The number of aliphatic hydroxyl groups is 1. The van der Waals surface area contributed by atoms with Crippen molar-refractivity contribution >= 4 is 0 Å². The smallest absolute Gasteiger partial charge is 0.0951 e. The van der Waals surface area contributed by atoms with Crippen molar-refractivity contribution in [2.75, 3.05) is 13.1 Å². The van der Waals surface area contributed by atoms with Crippen LogP contribution in [0.25, 0.3) is 0 Å². The summed E-state index contributed by atoms with van der Waals surface area (Å²) in [6.45, 7) is 5.58. The number of rotatable bonds is 5. The third-order valence-electron chi connectivity index (χ3n) is 5.62. The van der Waals surface area contributed by atoms with E-state index in [-0.39, 0.29) is 0 Å². The molecule has 1 fully saturated rings. The Morgan fingerprint density at radius 3 is 2.52 bits per heavy atom. The van der Waals surface area contributed by atoms with E-state index in [1.165, 1.54) is 16.8 Å². The second-order valence-corrected chi connectivity index (χ2v) is 7.68. The predicted molar refractivity (Wildman–Crippen MR) is 107 cm³/mol. The molecule has 27 heavy (non-hydrogen) atoms. The van der Waals surface area contributed by atoms with Crippen LogP contribution in [-0.4, -0.2) is 32.6 Å². The molecule has 4 rings (SSSR count). The van der Waals surface area contributed by atoms with Crippen molar-refractivity contribution in [2.24, 2.45) is 0 Å². The maximum atomic E-state index is 11.1. The lowest BCUT2D eigenvalue weighted by Gasteiger charge is -2.38. The SMILES string of the molecule is Cc1cccc(C2(O)CCN(Cc3cncn3Cc3ccccc3)CC2)c1. The van der Waals surface area contributed by atoms with E-state index in [0.717, 1.165) is 44.6 Å². The van der Waals surface area contributed by atoms with Crippen LogP contribution in [0.3, 0.4) is 0 Å². The number of aryl methyl sites for hydroxylation is 1. The first kappa shape index (κ1) is 18.0. The molecule has 0 radical (unpaired) electrons. The molecule has 0 bridgehead atoms. The molecule has 3 aromatic rings. The second-order valence-electron chi connectivity index (χ2n) is 7.68. The van der Waals surface area contributed by atoms with Crippen molar-refractivity contribution in [1.29, 1.82) is 0 Å². The van der Waals surface area contributed by atoms with Crippen LogP contribution >= 0.6 is 0 Å². The summed E-state index contributed by atoms with van der Waals surface area (Å²) in [5, 5.41) is 11.1. The Morgan fingerprint density at radius 1 is 1.00 bits per heavy atom. The largest absolute Gasteiger partial charge is 0.385 e. The van der Waals surface area contributed by atoms with Crippen LogP contribution < -0.4 is 0 Å². The standard InChI is InChI=1S/C23H27N3O/c1-19-6-5-9-21(14-19)23(27)10-12-25(13-11-23)17-22-15-24-18-26(22)16-20-7-3-2-4-8-20/h2-9,14-15,18,27H,10-13,16-17H2,1H3. The number of hydrogen-bond donors (Lipinski definition) is 1. The van der Waals surface area contributed by atoms with Crippen LogP contribution in [-0.2, 0) is 18.7 Å². The van der Waals surface area contributed by atoms with Gasteiger partial charge in [-0.25, -0.2) is 4.98 Å². The minimum absolute atomic E-state index is 0.702. The Labute approximate surface area is 161 Å². The topological polar surface area (TPSA) is 41.3 Å². The maximum absolute atomic E-state index is 11.1. The summed E-state index contributed by atoms with van der Waals surface area (Å²) in [4.78, 5) is 6.78. The lowest BCUT2D eigenvalue weighted by molar-refractivity contribution is -0.0281. The lowest BCUT2D eigenvalue weighted by Crippen LogP contribution is -2.42. The first-order valence-electron chi connectivity index (χ1n) is 9.67. The van der Waals surface area contributed by atoms with Gasteiger partial charge in [-0.1, -0.05) is 60.2 Å². The minimum Gasteiger partial charge on any atom is -0.385 e. The number of hydrogen-bond acceptors (Lipinski definition) is 3. The van der Waals surface area contributed by atoms with E-state index in [2.05, 4.69) is 63.8 Å². The highest BCUT2D eigenvalue weighted by Gasteiger charge is 2.34. The van der Waals surface area contributed by atoms with Gasteiger partial charge in [0.15, 0.2) is 0 Å². The summed E-state index contributed by atoms with van der Waals surface area (Å²) < 4.78 is 2.22. The Hall–Kier alpha value is -2.43. The van der Waals surface area contributed by atoms with E-state index in [4.69, 9.17) is 0 Å². The van der Waals surface area contributed by atoms with Crippen LogP contribution in [0, 0.1) is 6.92 Å². The fraction of sp³-hybridized carbons (Fsp3) is 0.348. The van der Waals surface area contributed by atoms with Gasteiger partial charge in [-0.15, -0.1) is 0 Å². The molecule has 1 aromatic heterocycles. The number of nitrogens with zero attached hydrogens (tertiary/aromatic N) is 3. The molecule has 0 unspecified atom stereocenters. The van der Waals surface area contributed by atoms with Crippen molar-refractivity contribution in [2.45, 2.75) is 38.5 Å². The highest BCUT2D eigenvalue weighted by Crippen LogP contribution is 2.33. The van der Waals surface area contributed by atoms with Gasteiger partial charge in [-0.3, -0.25) is 4.90 Å². The van der Waals surface area contributed by atoms with Crippen molar-refractivity contribution in [3.8, 4) is 0 Å². The van der Waals surface area contributed by atoms with Gasteiger partial charge in [0.25, 0.3) is 0 Å². The summed E-state index contributed by atoms with van der Waals surface area (Å²) in [6.07, 6.45) is 5.41. The van der Waals surface area contributed by atoms with E-state index in [1.54, 1.807) is 0 Å². The van der Waals surface area contributed by atoms with Gasteiger partial charge in [0.05, 0.1) is 17.6 Å². The van der Waals surface area contributed by atoms with Gasteiger partial charge in [-0.05, 0) is 30.9 Å². The number of piperidine rings is 1. The van der Waals surface area contributed by atoms with Gasteiger partial charge >= 0.3 is 0 Å². The normalized spacial score (nSPS) is 17.1. The molecule has 140 valence electrons. The third-order valence-corrected chi connectivity index (χ3v) is 5.62. The van der Waals surface area contributed by atoms with Gasteiger partial charge in [0.2, 0.25) is 0 Å². The highest BCUT2D eigenvalue weighted by molar-refractivity contribution is 5.28. The van der Waals surface area contributed by atoms with E-state index in [1.807, 2.05) is 24.7 Å². The van der Waals surface area contributed by atoms with Crippen LogP contribution in [0.5, 0.6) is 0 Å². The van der Waals surface area contributed by atoms with Crippen LogP contribution in [0.1, 0.15) is 35.2 Å². The van der Waals surface area contributed by atoms with Crippen molar-refractivity contribution < 1.29 is 5.11 Å². The van der Waals surface area contributed by atoms with Crippen molar-refractivity contribution in [1.82, 2.24) is 14.5 Å².